The minimum absolute atomic E-state index is 0.100. The standard InChI is InChI=1S/C16H14ClFO/c1-10-6-11(2)8-12(7-10)9-15(19)13-4-3-5-14(18)16(13)17/h3-8H,9H2,1-2H3. The van der Waals surface area contributed by atoms with Gasteiger partial charge in [0, 0.05) is 12.0 Å². The first-order chi connectivity index (χ1) is 8.97. The second kappa shape index (κ2) is 5.54. The Labute approximate surface area is 117 Å². The molecule has 98 valence electrons. The maximum Gasteiger partial charge on any atom is 0.168 e. The molecule has 0 saturated carbocycles. The Morgan fingerprint density at radius 1 is 1.16 bits per heavy atom. The van der Waals surface area contributed by atoms with Crippen LogP contribution in [0.3, 0.4) is 0 Å². The van der Waals surface area contributed by atoms with Crippen molar-refractivity contribution in [2.45, 2.75) is 20.3 Å². The number of hydrogen-bond donors (Lipinski definition) is 0. The molecule has 0 aliphatic carbocycles. The second-order valence-electron chi connectivity index (χ2n) is 4.70. The van der Waals surface area contributed by atoms with Crippen molar-refractivity contribution in [1.82, 2.24) is 0 Å². The van der Waals surface area contributed by atoms with Gasteiger partial charge < -0.3 is 0 Å². The van der Waals surface area contributed by atoms with E-state index in [9.17, 15) is 9.18 Å². The van der Waals surface area contributed by atoms with Crippen LogP contribution in [0.15, 0.2) is 36.4 Å². The first-order valence-electron chi connectivity index (χ1n) is 6.02. The summed E-state index contributed by atoms with van der Waals surface area (Å²) in [5.41, 5.74) is 3.37. The summed E-state index contributed by atoms with van der Waals surface area (Å²) >= 11 is 5.82. The molecular formula is C16H14ClFO. The molecule has 0 saturated heterocycles. The molecule has 2 aromatic rings. The van der Waals surface area contributed by atoms with Crippen LogP contribution in [0, 0.1) is 19.7 Å². The third kappa shape index (κ3) is 3.21. The van der Waals surface area contributed by atoms with E-state index >= 15 is 0 Å². The maximum atomic E-state index is 13.3. The van der Waals surface area contributed by atoms with Gasteiger partial charge in [-0.25, -0.2) is 4.39 Å². The van der Waals surface area contributed by atoms with Gasteiger partial charge >= 0.3 is 0 Å². The van der Waals surface area contributed by atoms with E-state index < -0.39 is 5.82 Å². The molecule has 2 aromatic carbocycles. The first-order valence-corrected chi connectivity index (χ1v) is 6.39. The Kier molecular flexibility index (Phi) is 4.01. The van der Waals surface area contributed by atoms with Crippen LogP contribution < -0.4 is 0 Å². The zero-order valence-electron chi connectivity index (χ0n) is 10.8. The fourth-order valence-corrected chi connectivity index (χ4v) is 2.40. The molecule has 0 heterocycles. The number of ketones is 1. The minimum Gasteiger partial charge on any atom is -0.294 e. The van der Waals surface area contributed by atoms with Crippen molar-refractivity contribution < 1.29 is 9.18 Å². The number of carbonyl (C=O) groups is 1. The summed E-state index contributed by atoms with van der Waals surface area (Å²) in [5.74, 6) is -0.734. The predicted molar refractivity (Wildman–Crippen MR) is 75.4 cm³/mol. The molecular weight excluding hydrogens is 263 g/mol. The summed E-state index contributed by atoms with van der Waals surface area (Å²) in [4.78, 5) is 12.2. The van der Waals surface area contributed by atoms with Gasteiger partial charge in [-0.2, -0.15) is 0 Å². The van der Waals surface area contributed by atoms with Crippen molar-refractivity contribution in [3.63, 3.8) is 0 Å². The molecule has 1 nitrogen and oxygen atoms in total. The lowest BCUT2D eigenvalue weighted by Crippen LogP contribution is -2.05. The average Bonchev–Trinajstić information content (AvgIpc) is 2.31. The smallest absolute Gasteiger partial charge is 0.168 e. The van der Waals surface area contributed by atoms with Crippen LogP contribution in [0.4, 0.5) is 4.39 Å². The number of carbonyl (C=O) groups excluding carboxylic acids is 1. The molecule has 0 N–H and O–H groups in total. The fourth-order valence-electron chi connectivity index (χ4n) is 2.17. The number of benzene rings is 2. The van der Waals surface area contributed by atoms with Crippen LogP contribution >= 0.6 is 11.6 Å². The van der Waals surface area contributed by atoms with Gasteiger partial charge in [-0.15, -0.1) is 0 Å². The summed E-state index contributed by atoms with van der Waals surface area (Å²) in [5, 5.41) is -0.100. The minimum atomic E-state index is -0.562. The topological polar surface area (TPSA) is 17.1 Å². The van der Waals surface area contributed by atoms with Crippen LogP contribution in [0.5, 0.6) is 0 Å². The van der Waals surface area contributed by atoms with Gasteiger partial charge in [0.25, 0.3) is 0 Å². The van der Waals surface area contributed by atoms with Crippen molar-refractivity contribution in [2.75, 3.05) is 0 Å². The number of aryl methyl sites for hydroxylation is 2. The lowest BCUT2D eigenvalue weighted by molar-refractivity contribution is 0.0992. The molecule has 0 atom stereocenters. The van der Waals surface area contributed by atoms with Crippen LogP contribution in [0.1, 0.15) is 27.0 Å². The van der Waals surface area contributed by atoms with Crippen molar-refractivity contribution in [2.24, 2.45) is 0 Å². The van der Waals surface area contributed by atoms with Crippen LogP contribution in [-0.2, 0) is 6.42 Å². The molecule has 0 bridgehead atoms. The van der Waals surface area contributed by atoms with Crippen LogP contribution in [0.2, 0.25) is 5.02 Å². The summed E-state index contributed by atoms with van der Waals surface area (Å²) in [6.07, 6.45) is 0.228. The van der Waals surface area contributed by atoms with Crippen molar-refractivity contribution in [3.8, 4) is 0 Å². The summed E-state index contributed by atoms with van der Waals surface area (Å²) in [7, 11) is 0. The first kappa shape index (κ1) is 13.8. The number of rotatable bonds is 3. The van der Waals surface area contributed by atoms with Gasteiger partial charge in [0.05, 0.1) is 5.02 Å². The SMILES string of the molecule is Cc1cc(C)cc(CC(=O)c2cccc(F)c2Cl)c1. The highest BCUT2D eigenvalue weighted by Gasteiger charge is 2.14. The van der Waals surface area contributed by atoms with Crippen LogP contribution in [0.25, 0.3) is 0 Å². The zero-order chi connectivity index (χ0) is 14.0. The van der Waals surface area contributed by atoms with Gasteiger partial charge in [0.2, 0.25) is 0 Å². The fraction of sp³-hybridized carbons (Fsp3) is 0.188. The Bertz CT molecular complexity index is 614. The molecule has 0 aliphatic rings. The summed E-state index contributed by atoms with van der Waals surface area (Å²) in [6, 6.07) is 10.3. The highest BCUT2D eigenvalue weighted by atomic mass is 35.5. The Hall–Kier alpha value is -1.67. The average molecular weight is 277 g/mol. The van der Waals surface area contributed by atoms with Gasteiger partial charge in [-0.05, 0) is 31.5 Å². The van der Waals surface area contributed by atoms with E-state index in [0.717, 1.165) is 16.7 Å². The van der Waals surface area contributed by atoms with Gasteiger partial charge in [0.15, 0.2) is 5.78 Å². The third-order valence-corrected chi connectivity index (χ3v) is 3.28. The van der Waals surface area contributed by atoms with E-state index in [0.29, 0.717) is 0 Å². The second-order valence-corrected chi connectivity index (χ2v) is 5.08. The van der Waals surface area contributed by atoms with E-state index in [1.165, 1.54) is 12.1 Å². The highest BCUT2D eigenvalue weighted by molar-refractivity contribution is 6.34. The predicted octanol–water partition coefficient (Wildman–Crippen LogP) is 4.52. The number of Topliss-reactive ketones (excluding diaryl/α,β-unsaturated/α-hetero) is 1. The van der Waals surface area contributed by atoms with E-state index in [1.54, 1.807) is 6.07 Å². The molecule has 0 aromatic heterocycles. The zero-order valence-corrected chi connectivity index (χ0v) is 11.6. The molecule has 0 fully saturated rings. The van der Waals surface area contributed by atoms with Crippen molar-refractivity contribution >= 4 is 17.4 Å². The van der Waals surface area contributed by atoms with Crippen molar-refractivity contribution in [3.05, 3.63) is 69.5 Å². The number of hydrogen-bond acceptors (Lipinski definition) is 1. The van der Waals surface area contributed by atoms with Gasteiger partial charge in [-0.1, -0.05) is 47.0 Å². The molecule has 3 heteroatoms. The quantitative estimate of drug-likeness (QED) is 0.753. The molecule has 19 heavy (non-hydrogen) atoms. The number of halogens is 2. The Morgan fingerprint density at radius 3 is 2.42 bits per heavy atom. The lowest BCUT2D eigenvalue weighted by Gasteiger charge is -2.06. The molecule has 0 amide bonds. The van der Waals surface area contributed by atoms with Crippen molar-refractivity contribution in [1.29, 1.82) is 0 Å². The van der Waals surface area contributed by atoms with E-state index in [-0.39, 0.29) is 22.8 Å². The summed E-state index contributed by atoms with van der Waals surface area (Å²) in [6.45, 7) is 3.96. The highest BCUT2D eigenvalue weighted by Crippen LogP contribution is 2.21. The van der Waals surface area contributed by atoms with Gasteiger partial charge in [0.1, 0.15) is 5.82 Å². The molecule has 0 unspecified atom stereocenters. The summed E-state index contributed by atoms with van der Waals surface area (Å²) < 4.78 is 13.3. The third-order valence-electron chi connectivity index (χ3n) is 2.90. The van der Waals surface area contributed by atoms with E-state index in [4.69, 9.17) is 11.6 Å². The monoisotopic (exact) mass is 276 g/mol. The van der Waals surface area contributed by atoms with E-state index in [2.05, 4.69) is 0 Å². The molecule has 0 aliphatic heterocycles. The molecule has 2 rings (SSSR count). The normalized spacial score (nSPS) is 10.5. The van der Waals surface area contributed by atoms with Crippen LogP contribution in [-0.4, -0.2) is 5.78 Å². The Morgan fingerprint density at radius 2 is 1.79 bits per heavy atom. The Balaban J connectivity index is 2.28. The largest absolute Gasteiger partial charge is 0.294 e. The van der Waals surface area contributed by atoms with Gasteiger partial charge in [-0.3, -0.25) is 4.79 Å². The molecule has 0 spiro atoms. The van der Waals surface area contributed by atoms with E-state index in [1.807, 2.05) is 32.0 Å². The lowest BCUT2D eigenvalue weighted by atomic mass is 9.99. The maximum absolute atomic E-state index is 13.3. The molecule has 0 radical (unpaired) electrons.